The summed E-state index contributed by atoms with van der Waals surface area (Å²) in [5.74, 6) is -1.03. The Balaban J connectivity index is 2.49. The van der Waals surface area contributed by atoms with E-state index in [1.807, 2.05) is 0 Å². The molecule has 1 aromatic carbocycles. The van der Waals surface area contributed by atoms with Gasteiger partial charge in [-0.05, 0) is 31.5 Å². The van der Waals surface area contributed by atoms with Crippen LogP contribution >= 0.6 is 0 Å². The van der Waals surface area contributed by atoms with Crippen LogP contribution in [0.15, 0.2) is 24.3 Å². The normalized spacial score (nSPS) is 10.8. The van der Waals surface area contributed by atoms with Gasteiger partial charge in [-0.2, -0.15) is 0 Å². The third-order valence-corrected chi connectivity index (χ3v) is 2.55. The molecular formula is C13H16N2O6. The second-order valence-electron chi connectivity index (χ2n) is 5.08. The van der Waals surface area contributed by atoms with Crippen LogP contribution in [0.1, 0.15) is 25.8 Å². The smallest absolute Gasteiger partial charge is 0.407 e. The minimum atomic E-state index is -1.03. The fourth-order valence-corrected chi connectivity index (χ4v) is 1.60. The van der Waals surface area contributed by atoms with E-state index >= 15 is 0 Å². The molecule has 0 bridgehead atoms. The van der Waals surface area contributed by atoms with E-state index in [1.165, 1.54) is 24.3 Å². The summed E-state index contributed by atoms with van der Waals surface area (Å²) in [6.45, 7) is 3.06. The molecule has 2 N–H and O–H groups in total. The lowest BCUT2D eigenvalue weighted by Gasteiger charge is -2.23. The number of carboxylic acid groups (broad SMARTS) is 1. The summed E-state index contributed by atoms with van der Waals surface area (Å²) in [7, 11) is 0. The number of nitro benzene ring substituents is 1. The molecule has 0 saturated carbocycles. The van der Waals surface area contributed by atoms with Crippen LogP contribution in [0.25, 0.3) is 0 Å². The van der Waals surface area contributed by atoms with E-state index in [-0.39, 0.29) is 18.7 Å². The van der Waals surface area contributed by atoms with Crippen LogP contribution in [0, 0.1) is 10.1 Å². The molecule has 0 fully saturated rings. The van der Waals surface area contributed by atoms with Crippen molar-refractivity contribution in [3.63, 3.8) is 0 Å². The second kappa shape index (κ2) is 6.69. The van der Waals surface area contributed by atoms with E-state index in [4.69, 9.17) is 9.84 Å². The Kier molecular flexibility index (Phi) is 5.23. The first kappa shape index (κ1) is 16.4. The zero-order valence-electron chi connectivity index (χ0n) is 11.7. The van der Waals surface area contributed by atoms with Gasteiger partial charge in [0.1, 0.15) is 6.61 Å². The molecule has 0 aliphatic carbocycles. The lowest BCUT2D eigenvalue weighted by atomic mass is 10.0. The Hall–Kier alpha value is -2.64. The van der Waals surface area contributed by atoms with Crippen LogP contribution < -0.4 is 5.32 Å². The van der Waals surface area contributed by atoms with Gasteiger partial charge in [0.25, 0.3) is 5.69 Å². The van der Waals surface area contributed by atoms with E-state index in [0.29, 0.717) is 5.56 Å². The zero-order valence-corrected chi connectivity index (χ0v) is 11.7. The van der Waals surface area contributed by atoms with E-state index in [9.17, 15) is 19.7 Å². The number of benzene rings is 1. The number of hydrogen-bond acceptors (Lipinski definition) is 5. The van der Waals surface area contributed by atoms with Gasteiger partial charge in [-0.3, -0.25) is 14.9 Å². The van der Waals surface area contributed by atoms with Crippen molar-refractivity contribution >= 4 is 17.7 Å². The van der Waals surface area contributed by atoms with Gasteiger partial charge in [0.15, 0.2) is 0 Å². The van der Waals surface area contributed by atoms with E-state index in [2.05, 4.69) is 5.32 Å². The van der Waals surface area contributed by atoms with Crippen molar-refractivity contribution in [3.05, 3.63) is 39.9 Å². The van der Waals surface area contributed by atoms with Crippen molar-refractivity contribution < 1.29 is 24.4 Å². The fourth-order valence-electron chi connectivity index (χ4n) is 1.60. The molecule has 1 aromatic rings. The Morgan fingerprint density at radius 3 is 2.38 bits per heavy atom. The highest BCUT2D eigenvalue weighted by molar-refractivity contribution is 5.72. The van der Waals surface area contributed by atoms with Crippen molar-refractivity contribution in [2.75, 3.05) is 0 Å². The topological polar surface area (TPSA) is 119 Å². The minimum Gasteiger partial charge on any atom is -0.481 e. The third-order valence-electron chi connectivity index (χ3n) is 2.55. The molecule has 1 rings (SSSR count). The first-order valence-electron chi connectivity index (χ1n) is 6.10. The van der Waals surface area contributed by atoms with Gasteiger partial charge in [-0.15, -0.1) is 0 Å². The predicted molar refractivity (Wildman–Crippen MR) is 72.7 cm³/mol. The van der Waals surface area contributed by atoms with Gasteiger partial charge in [0, 0.05) is 17.7 Å². The largest absolute Gasteiger partial charge is 0.481 e. The zero-order chi connectivity index (χ0) is 16.0. The van der Waals surface area contributed by atoms with Gasteiger partial charge >= 0.3 is 12.1 Å². The lowest BCUT2D eigenvalue weighted by Crippen LogP contribution is -2.45. The Morgan fingerprint density at radius 1 is 1.33 bits per heavy atom. The van der Waals surface area contributed by atoms with Crippen LogP contribution in [-0.4, -0.2) is 27.6 Å². The number of carbonyl (C=O) groups excluding carboxylic acids is 1. The molecule has 0 aliphatic rings. The molecule has 0 atom stereocenters. The number of nitro groups is 1. The van der Waals surface area contributed by atoms with Crippen LogP contribution in [0.5, 0.6) is 0 Å². The number of rotatable bonds is 6. The Morgan fingerprint density at radius 2 is 1.90 bits per heavy atom. The maximum Gasteiger partial charge on any atom is 0.407 e. The van der Waals surface area contributed by atoms with Crippen molar-refractivity contribution in [1.29, 1.82) is 0 Å². The third kappa shape index (κ3) is 5.89. The van der Waals surface area contributed by atoms with Crippen molar-refractivity contribution in [2.24, 2.45) is 0 Å². The number of carbonyl (C=O) groups is 2. The van der Waals surface area contributed by atoms with Gasteiger partial charge in [0.05, 0.1) is 11.3 Å². The number of alkyl carbamates (subject to hydrolysis) is 1. The molecule has 8 heteroatoms. The number of ether oxygens (including phenoxy) is 1. The van der Waals surface area contributed by atoms with Crippen molar-refractivity contribution in [3.8, 4) is 0 Å². The van der Waals surface area contributed by atoms with Gasteiger partial charge in [0.2, 0.25) is 0 Å². The summed E-state index contributed by atoms with van der Waals surface area (Å²) >= 11 is 0. The van der Waals surface area contributed by atoms with Crippen LogP contribution in [0.3, 0.4) is 0 Å². The molecule has 0 spiro atoms. The number of amides is 1. The molecule has 0 radical (unpaired) electrons. The fraction of sp³-hybridized carbons (Fsp3) is 0.385. The molecule has 0 saturated heterocycles. The summed E-state index contributed by atoms with van der Waals surface area (Å²) in [6, 6.07) is 5.58. The maximum absolute atomic E-state index is 11.6. The second-order valence-corrected chi connectivity index (χ2v) is 5.08. The van der Waals surface area contributed by atoms with Crippen LogP contribution in [-0.2, 0) is 16.1 Å². The monoisotopic (exact) mass is 296 g/mol. The van der Waals surface area contributed by atoms with E-state index in [1.54, 1.807) is 13.8 Å². The molecule has 114 valence electrons. The number of nitrogens with one attached hydrogen (secondary N) is 1. The summed E-state index contributed by atoms with van der Waals surface area (Å²) in [5, 5.41) is 21.6. The van der Waals surface area contributed by atoms with Gasteiger partial charge in [-0.25, -0.2) is 4.79 Å². The quantitative estimate of drug-likeness (QED) is 0.612. The summed E-state index contributed by atoms with van der Waals surface area (Å²) < 4.78 is 4.93. The Labute approximate surface area is 120 Å². The maximum atomic E-state index is 11.6. The molecule has 21 heavy (non-hydrogen) atoms. The molecule has 0 aromatic heterocycles. The highest BCUT2D eigenvalue weighted by Crippen LogP contribution is 2.13. The average molecular weight is 296 g/mol. The molecule has 1 amide bonds. The number of non-ortho nitro benzene ring substituents is 1. The summed E-state index contributed by atoms with van der Waals surface area (Å²) in [5.41, 5.74) is -0.393. The SMILES string of the molecule is CC(C)(CC(=O)O)NC(=O)OCc1ccc([N+](=O)[O-])cc1. The molecular weight excluding hydrogens is 280 g/mol. The van der Waals surface area contributed by atoms with Gasteiger partial charge in [-0.1, -0.05) is 0 Å². The van der Waals surface area contributed by atoms with Crippen LogP contribution in [0.4, 0.5) is 10.5 Å². The first-order chi connectivity index (χ1) is 9.69. The van der Waals surface area contributed by atoms with Crippen LogP contribution in [0.2, 0.25) is 0 Å². The molecule has 0 heterocycles. The molecule has 0 aliphatic heterocycles. The van der Waals surface area contributed by atoms with E-state index in [0.717, 1.165) is 0 Å². The average Bonchev–Trinajstić information content (AvgIpc) is 2.34. The summed E-state index contributed by atoms with van der Waals surface area (Å²) in [4.78, 5) is 32.1. The number of hydrogen-bond donors (Lipinski definition) is 2. The number of aliphatic carboxylic acids is 1. The molecule has 0 unspecified atom stereocenters. The predicted octanol–water partition coefficient (Wildman–Crippen LogP) is 2.07. The first-order valence-corrected chi connectivity index (χ1v) is 6.10. The number of nitrogens with zero attached hydrogens (tertiary/aromatic N) is 1. The lowest BCUT2D eigenvalue weighted by molar-refractivity contribution is -0.384. The minimum absolute atomic E-state index is 0.0502. The molecule has 8 nitrogen and oxygen atoms in total. The van der Waals surface area contributed by atoms with Crippen molar-refractivity contribution in [2.45, 2.75) is 32.4 Å². The summed E-state index contributed by atoms with van der Waals surface area (Å²) in [6.07, 6.45) is -0.987. The standard InChI is InChI=1S/C13H16N2O6/c1-13(2,7-11(16)17)14-12(18)21-8-9-3-5-10(6-4-9)15(19)20/h3-6H,7-8H2,1-2H3,(H,14,18)(H,16,17). The highest BCUT2D eigenvalue weighted by Gasteiger charge is 2.24. The van der Waals surface area contributed by atoms with Gasteiger partial charge < -0.3 is 15.2 Å². The van der Waals surface area contributed by atoms with Crippen molar-refractivity contribution in [1.82, 2.24) is 5.32 Å². The Bertz CT molecular complexity index is 538. The number of carboxylic acids is 1. The van der Waals surface area contributed by atoms with E-state index < -0.39 is 22.5 Å². The highest BCUT2D eigenvalue weighted by atomic mass is 16.6.